The summed E-state index contributed by atoms with van der Waals surface area (Å²) >= 11 is 0. The van der Waals surface area contributed by atoms with E-state index < -0.39 is 10.1 Å². The fraction of sp³-hybridized carbons (Fsp3) is 0.333. The Balaban J connectivity index is 2.50. The van der Waals surface area contributed by atoms with Crippen molar-refractivity contribution >= 4 is 10.1 Å². The highest BCUT2D eigenvalue weighted by Crippen LogP contribution is 2.29. The Hall–Kier alpha value is -1.65. The summed E-state index contributed by atoms with van der Waals surface area (Å²) in [5.74, 6) is -0.646. The van der Waals surface area contributed by atoms with Crippen LogP contribution >= 0.6 is 0 Å². The zero-order valence-corrected chi connectivity index (χ0v) is 13.8. The fourth-order valence-corrected chi connectivity index (χ4v) is 3.55. The Bertz CT molecular complexity index is 718. The molecule has 1 N–H and O–H groups in total. The monoisotopic (exact) mass is 318 g/mol. The third-order valence-corrected chi connectivity index (χ3v) is 4.73. The predicted molar refractivity (Wildman–Crippen MR) is 89.9 cm³/mol. The van der Waals surface area contributed by atoms with E-state index >= 15 is 0 Å². The van der Waals surface area contributed by atoms with Crippen molar-refractivity contribution in [3.05, 3.63) is 70.8 Å². The van der Waals surface area contributed by atoms with Crippen molar-refractivity contribution in [3.63, 3.8) is 0 Å². The largest absolute Gasteiger partial charge is 0.286 e. The van der Waals surface area contributed by atoms with Crippen LogP contribution in [0.1, 0.15) is 42.0 Å². The molecule has 0 aliphatic carbocycles. The van der Waals surface area contributed by atoms with Crippen molar-refractivity contribution < 1.29 is 13.0 Å². The fourth-order valence-electron chi connectivity index (χ4n) is 2.76. The molecule has 0 fully saturated rings. The van der Waals surface area contributed by atoms with Crippen LogP contribution in [0.5, 0.6) is 0 Å². The molecule has 4 heteroatoms. The van der Waals surface area contributed by atoms with E-state index in [0.29, 0.717) is 0 Å². The predicted octanol–water partition coefficient (Wildman–Crippen LogP) is 3.83. The highest BCUT2D eigenvalue weighted by Gasteiger charge is 2.22. The summed E-state index contributed by atoms with van der Waals surface area (Å²) in [5, 5.41) is 0. The second-order valence-corrected chi connectivity index (χ2v) is 6.95. The molecule has 0 saturated carbocycles. The highest BCUT2D eigenvalue weighted by atomic mass is 32.2. The number of hydrogen-bond donors (Lipinski definition) is 1. The average Bonchev–Trinajstić information content (AvgIpc) is 2.52. The van der Waals surface area contributed by atoms with Gasteiger partial charge < -0.3 is 0 Å². The molecule has 1 atom stereocenters. The molecule has 2 aromatic rings. The van der Waals surface area contributed by atoms with E-state index in [9.17, 15) is 13.0 Å². The van der Waals surface area contributed by atoms with E-state index in [1.165, 1.54) is 5.56 Å². The van der Waals surface area contributed by atoms with Gasteiger partial charge in [0.25, 0.3) is 10.1 Å². The van der Waals surface area contributed by atoms with Crippen LogP contribution in [-0.4, -0.2) is 18.7 Å². The minimum Gasteiger partial charge on any atom is -0.286 e. The molecule has 3 nitrogen and oxygen atoms in total. The molecular weight excluding hydrogens is 296 g/mol. The van der Waals surface area contributed by atoms with Gasteiger partial charge in [-0.3, -0.25) is 4.55 Å². The van der Waals surface area contributed by atoms with Gasteiger partial charge in [0.05, 0.1) is 5.75 Å². The number of rotatable bonds is 6. The Kier molecular flexibility index (Phi) is 5.37. The summed E-state index contributed by atoms with van der Waals surface area (Å²) in [4.78, 5) is 0. The first-order chi connectivity index (χ1) is 10.4. The molecule has 0 spiro atoms. The third kappa shape index (κ3) is 4.18. The van der Waals surface area contributed by atoms with Crippen molar-refractivity contribution in [2.75, 3.05) is 5.75 Å². The molecule has 22 heavy (non-hydrogen) atoms. The van der Waals surface area contributed by atoms with Crippen LogP contribution in [0.2, 0.25) is 0 Å². The van der Waals surface area contributed by atoms with Gasteiger partial charge in [0.15, 0.2) is 0 Å². The first kappa shape index (κ1) is 16.7. The molecule has 0 aromatic heterocycles. The molecule has 0 bridgehead atoms. The van der Waals surface area contributed by atoms with Crippen molar-refractivity contribution in [1.82, 2.24) is 0 Å². The molecule has 1 unspecified atom stereocenters. The molecule has 0 heterocycles. The molecule has 0 amide bonds. The van der Waals surface area contributed by atoms with Gasteiger partial charge in [-0.2, -0.15) is 8.42 Å². The molecule has 0 aliphatic rings. The van der Waals surface area contributed by atoms with Gasteiger partial charge in [-0.1, -0.05) is 62.4 Å². The van der Waals surface area contributed by atoms with Gasteiger partial charge >= 0.3 is 0 Å². The van der Waals surface area contributed by atoms with Crippen molar-refractivity contribution in [2.24, 2.45) is 0 Å². The Labute approximate surface area is 132 Å². The maximum Gasteiger partial charge on any atom is 0.265 e. The van der Waals surface area contributed by atoms with Crippen LogP contribution in [0.3, 0.4) is 0 Å². The number of hydrogen-bond acceptors (Lipinski definition) is 2. The zero-order valence-electron chi connectivity index (χ0n) is 13.0. The van der Waals surface area contributed by atoms with Crippen molar-refractivity contribution in [2.45, 2.75) is 32.6 Å². The summed E-state index contributed by atoms with van der Waals surface area (Å²) in [7, 11) is -4.06. The summed E-state index contributed by atoms with van der Waals surface area (Å²) in [5.41, 5.74) is 4.19. The van der Waals surface area contributed by atoms with E-state index in [2.05, 4.69) is 6.92 Å². The lowest BCUT2D eigenvalue weighted by molar-refractivity contribution is 0.480. The van der Waals surface area contributed by atoms with Crippen LogP contribution in [0.4, 0.5) is 0 Å². The van der Waals surface area contributed by atoms with Gasteiger partial charge in [-0.25, -0.2) is 0 Å². The summed E-state index contributed by atoms with van der Waals surface area (Å²) in [6.45, 7) is 4.13. The minimum absolute atomic E-state index is 0.296. The zero-order chi connectivity index (χ0) is 16.2. The topological polar surface area (TPSA) is 54.4 Å². The highest BCUT2D eigenvalue weighted by molar-refractivity contribution is 7.85. The summed E-state index contributed by atoms with van der Waals surface area (Å²) in [6.07, 6.45) is 1.76. The van der Waals surface area contributed by atoms with Gasteiger partial charge in [-0.05, 0) is 35.1 Å². The molecule has 0 aliphatic heterocycles. The van der Waals surface area contributed by atoms with Gasteiger partial charge in [0.2, 0.25) is 0 Å². The number of benzene rings is 2. The third-order valence-electron chi connectivity index (χ3n) is 3.98. The molecule has 118 valence electrons. The second-order valence-electron chi connectivity index (χ2n) is 5.45. The number of aryl methyl sites for hydroxylation is 2. The van der Waals surface area contributed by atoms with Crippen LogP contribution < -0.4 is 0 Å². The normalized spacial score (nSPS) is 13.0. The lowest BCUT2D eigenvalue weighted by Crippen LogP contribution is -2.16. The van der Waals surface area contributed by atoms with E-state index in [1.54, 1.807) is 0 Å². The van der Waals surface area contributed by atoms with E-state index in [-0.39, 0.29) is 11.7 Å². The summed E-state index contributed by atoms with van der Waals surface area (Å²) < 4.78 is 32.3. The quantitative estimate of drug-likeness (QED) is 0.824. The molecular formula is C18H22O3S. The van der Waals surface area contributed by atoms with Gasteiger partial charge in [0.1, 0.15) is 0 Å². The van der Waals surface area contributed by atoms with Crippen molar-refractivity contribution in [3.8, 4) is 0 Å². The molecule has 0 radical (unpaired) electrons. The Morgan fingerprint density at radius 2 is 1.59 bits per heavy atom. The van der Waals surface area contributed by atoms with Gasteiger partial charge in [0, 0.05) is 5.92 Å². The van der Waals surface area contributed by atoms with Crippen molar-refractivity contribution in [1.29, 1.82) is 0 Å². The first-order valence-corrected chi connectivity index (χ1v) is 9.17. The van der Waals surface area contributed by atoms with E-state index in [1.807, 2.05) is 55.5 Å². The van der Waals surface area contributed by atoms with Crippen LogP contribution in [0.25, 0.3) is 0 Å². The summed E-state index contributed by atoms with van der Waals surface area (Å²) in [6, 6.07) is 15.8. The smallest absolute Gasteiger partial charge is 0.265 e. The minimum atomic E-state index is -4.06. The SMILES string of the molecule is CCc1ccc(C(CS(=O)(=O)O)c2ccccc2CC)cc1. The van der Waals surface area contributed by atoms with E-state index in [0.717, 1.165) is 29.5 Å². The lowest BCUT2D eigenvalue weighted by atomic mass is 9.88. The van der Waals surface area contributed by atoms with Crippen LogP contribution in [-0.2, 0) is 23.0 Å². The molecule has 2 rings (SSSR count). The molecule has 0 saturated heterocycles. The maximum atomic E-state index is 11.5. The Morgan fingerprint density at radius 3 is 2.14 bits per heavy atom. The standard InChI is InChI=1S/C18H22O3S/c1-3-14-9-11-16(12-10-14)18(13-22(19,20)21)17-8-6-5-7-15(17)4-2/h5-12,18H,3-4,13H2,1-2H3,(H,19,20,21). The first-order valence-electron chi connectivity index (χ1n) is 7.56. The average molecular weight is 318 g/mol. The second kappa shape index (κ2) is 7.07. The van der Waals surface area contributed by atoms with Crippen LogP contribution in [0.15, 0.2) is 48.5 Å². The Morgan fingerprint density at radius 1 is 0.955 bits per heavy atom. The lowest BCUT2D eigenvalue weighted by Gasteiger charge is -2.20. The molecule has 2 aromatic carbocycles. The maximum absolute atomic E-state index is 11.5. The van der Waals surface area contributed by atoms with Gasteiger partial charge in [-0.15, -0.1) is 0 Å². The van der Waals surface area contributed by atoms with E-state index in [4.69, 9.17) is 0 Å². The van der Waals surface area contributed by atoms with Crippen LogP contribution in [0, 0.1) is 0 Å².